The molecule has 0 aliphatic rings. The van der Waals surface area contributed by atoms with Crippen LogP contribution in [-0.4, -0.2) is 18.6 Å². The number of esters is 1. The molecule has 0 aromatic heterocycles. The van der Waals surface area contributed by atoms with Crippen LogP contribution in [0.1, 0.15) is 15.3 Å². The summed E-state index contributed by atoms with van der Waals surface area (Å²) in [4.78, 5) is 10.4. The Bertz CT molecular complexity index is 85.0. The highest BCUT2D eigenvalue weighted by Crippen LogP contribution is 1.80. The third-order valence-corrected chi connectivity index (χ3v) is 0.658. The molecule has 0 amide bonds. The van der Waals surface area contributed by atoms with Crippen molar-refractivity contribution in [2.75, 3.05) is 6.61 Å². The zero-order valence-corrected chi connectivity index (χ0v) is 5.18. The van der Waals surface area contributed by atoms with E-state index in [1.54, 1.807) is 13.8 Å². The van der Waals surface area contributed by atoms with Crippen LogP contribution in [-0.2, 0) is 9.53 Å². The number of hydrogen-bond donors (Lipinski definition) is 1. The first kappa shape index (κ1) is 7.43. The number of carbonyl (C=O) groups excluding carboxylic acids is 1. The third-order valence-electron chi connectivity index (χ3n) is 0.658. The van der Waals surface area contributed by atoms with Crippen LogP contribution < -0.4 is 5.73 Å². The molecule has 1 atom stereocenters. The van der Waals surface area contributed by atoms with Crippen LogP contribution in [0.3, 0.4) is 0 Å². The van der Waals surface area contributed by atoms with Gasteiger partial charge in [0.2, 0.25) is 0 Å². The lowest BCUT2D eigenvalue weighted by molar-refractivity contribution is -0.144. The first-order chi connectivity index (χ1) is 3.68. The summed E-state index contributed by atoms with van der Waals surface area (Å²) in [5.41, 5.74) is 5.15. The Morgan fingerprint density at radius 1 is 2.00 bits per heavy atom. The fraction of sp³-hybridized carbons (Fsp3) is 0.800. The molecule has 0 saturated carbocycles. The van der Waals surface area contributed by atoms with Gasteiger partial charge in [-0.2, -0.15) is 0 Å². The zero-order valence-electron chi connectivity index (χ0n) is 5.18. The molecule has 0 unspecified atom stereocenters. The van der Waals surface area contributed by atoms with Crippen LogP contribution in [0.25, 0.3) is 0 Å². The minimum atomic E-state index is -0.491. The van der Waals surface area contributed by atoms with Crippen LogP contribution >= 0.6 is 0 Å². The molecule has 0 rings (SSSR count). The highest BCUT2D eigenvalue weighted by molar-refractivity contribution is 5.74. The second-order valence-corrected chi connectivity index (χ2v) is 1.54. The van der Waals surface area contributed by atoms with E-state index in [0.29, 0.717) is 6.61 Å². The molecule has 0 bridgehead atoms. The van der Waals surface area contributed by atoms with E-state index in [4.69, 9.17) is 5.73 Å². The quantitative estimate of drug-likeness (QED) is 0.526. The average Bonchev–Trinajstić information content (AvgIpc) is 1.67. The van der Waals surface area contributed by atoms with Crippen LogP contribution in [0.2, 0.25) is 0 Å². The van der Waals surface area contributed by atoms with Crippen molar-refractivity contribution in [2.45, 2.75) is 19.9 Å². The summed E-state index contributed by atoms with van der Waals surface area (Å²) in [7, 11) is 0. The van der Waals surface area contributed by atoms with Gasteiger partial charge in [-0.05, 0) is 13.8 Å². The van der Waals surface area contributed by atoms with Gasteiger partial charge in [-0.3, -0.25) is 4.79 Å². The van der Waals surface area contributed by atoms with E-state index in [2.05, 4.69) is 4.74 Å². The molecule has 50 valence electrons. The van der Waals surface area contributed by atoms with E-state index < -0.39 is 6.04 Å². The van der Waals surface area contributed by atoms with Crippen molar-refractivity contribution in [3.8, 4) is 0 Å². The predicted octanol–water partition coefficient (Wildman–Crippen LogP) is 0.143. The van der Waals surface area contributed by atoms with Crippen LogP contribution in [0.5, 0.6) is 0 Å². The summed E-state index contributed by atoms with van der Waals surface area (Å²) in [5, 5.41) is 0. The van der Waals surface area contributed by atoms with E-state index in [0.717, 1.165) is 0 Å². The molecule has 8 heavy (non-hydrogen) atoms. The molecule has 0 fully saturated rings. The monoisotopic (exact) mass is 119 g/mol. The fourth-order valence-electron chi connectivity index (χ4n) is 0.274. The van der Waals surface area contributed by atoms with Gasteiger partial charge in [-0.25, -0.2) is 0 Å². The topological polar surface area (TPSA) is 52.3 Å². The summed E-state index contributed by atoms with van der Waals surface area (Å²) < 4.78 is 4.54. The third kappa shape index (κ3) is 2.58. The van der Waals surface area contributed by atoms with Crippen molar-refractivity contribution in [1.29, 1.82) is 0 Å². The highest BCUT2D eigenvalue weighted by Gasteiger charge is 2.05. The van der Waals surface area contributed by atoms with Crippen LogP contribution in [0.4, 0.5) is 0 Å². The average molecular weight is 119 g/mol. The first-order valence-corrected chi connectivity index (χ1v) is 2.60. The van der Waals surface area contributed by atoms with Gasteiger partial charge in [0.25, 0.3) is 0 Å². The molecule has 0 aliphatic heterocycles. The Balaban J connectivity index is 0. The van der Waals surface area contributed by atoms with Gasteiger partial charge >= 0.3 is 5.97 Å². The van der Waals surface area contributed by atoms with Crippen molar-refractivity contribution in [3.63, 3.8) is 0 Å². The maximum Gasteiger partial charge on any atom is 0.322 e. The lowest BCUT2D eigenvalue weighted by atomic mass is 10.4. The maximum absolute atomic E-state index is 10.4. The molecule has 0 aliphatic carbocycles. The van der Waals surface area contributed by atoms with E-state index in [9.17, 15) is 4.79 Å². The van der Waals surface area contributed by atoms with E-state index >= 15 is 0 Å². The molecule has 3 nitrogen and oxygen atoms in total. The van der Waals surface area contributed by atoms with Crippen molar-refractivity contribution in [2.24, 2.45) is 5.73 Å². The molecule has 2 N–H and O–H groups in total. The molecule has 0 aromatic carbocycles. The van der Waals surface area contributed by atoms with Gasteiger partial charge in [-0.15, -0.1) is 0 Å². The lowest BCUT2D eigenvalue weighted by Crippen LogP contribution is -2.28. The van der Waals surface area contributed by atoms with Crippen molar-refractivity contribution < 1.29 is 11.0 Å². The van der Waals surface area contributed by atoms with Crippen molar-refractivity contribution in [3.05, 3.63) is 0 Å². The minimum absolute atomic E-state index is 0. The SMILES string of the molecule is CCOC(=O)[C@H](C)N.[HH]. The Morgan fingerprint density at radius 2 is 2.50 bits per heavy atom. The van der Waals surface area contributed by atoms with Crippen molar-refractivity contribution >= 4 is 5.97 Å². The maximum atomic E-state index is 10.4. The number of ether oxygens (including phenoxy) is 1. The molecule has 0 spiro atoms. The lowest BCUT2D eigenvalue weighted by Gasteiger charge is -2.02. The van der Waals surface area contributed by atoms with Gasteiger partial charge in [0, 0.05) is 1.43 Å². The summed E-state index contributed by atoms with van der Waals surface area (Å²) in [5.74, 6) is -0.340. The number of hydrogen-bond acceptors (Lipinski definition) is 3. The Labute approximate surface area is 50.3 Å². The molecular formula is C5H13NO2. The number of carbonyl (C=O) groups is 1. The minimum Gasteiger partial charge on any atom is -0.465 e. The van der Waals surface area contributed by atoms with Crippen LogP contribution in [0, 0.1) is 0 Å². The molecule has 3 heteroatoms. The first-order valence-electron chi connectivity index (χ1n) is 2.60. The molecule has 0 aromatic rings. The smallest absolute Gasteiger partial charge is 0.322 e. The molecule has 0 saturated heterocycles. The summed E-state index contributed by atoms with van der Waals surface area (Å²) in [6, 6.07) is -0.491. The Morgan fingerprint density at radius 3 is 2.62 bits per heavy atom. The Hall–Kier alpha value is -0.570. The van der Waals surface area contributed by atoms with Gasteiger partial charge in [0.05, 0.1) is 6.61 Å². The second-order valence-electron chi connectivity index (χ2n) is 1.54. The van der Waals surface area contributed by atoms with Crippen molar-refractivity contribution in [1.82, 2.24) is 0 Å². The standard InChI is InChI=1S/C5H11NO2.H2/c1-3-8-5(7)4(2)6;/h4H,3,6H2,1-2H3;1H/t4-;/m0./s1. The van der Waals surface area contributed by atoms with Gasteiger partial charge in [0.1, 0.15) is 6.04 Å². The van der Waals surface area contributed by atoms with Gasteiger partial charge in [-0.1, -0.05) is 0 Å². The van der Waals surface area contributed by atoms with E-state index in [1.807, 2.05) is 0 Å². The normalized spacial score (nSPS) is 12.9. The molecule has 0 heterocycles. The summed E-state index contributed by atoms with van der Waals surface area (Å²) in [6.45, 7) is 3.75. The Kier molecular flexibility index (Phi) is 3.19. The summed E-state index contributed by atoms with van der Waals surface area (Å²) >= 11 is 0. The molecule has 0 radical (unpaired) electrons. The van der Waals surface area contributed by atoms with E-state index in [-0.39, 0.29) is 7.40 Å². The van der Waals surface area contributed by atoms with Gasteiger partial charge in [0.15, 0.2) is 0 Å². The number of nitrogens with two attached hydrogens (primary N) is 1. The number of rotatable bonds is 2. The second kappa shape index (κ2) is 3.43. The van der Waals surface area contributed by atoms with Gasteiger partial charge < -0.3 is 10.5 Å². The zero-order chi connectivity index (χ0) is 6.57. The largest absolute Gasteiger partial charge is 0.465 e. The fourth-order valence-corrected chi connectivity index (χ4v) is 0.274. The highest BCUT2D eigenvalue weighted by atomic mass is 16.5. The predicted molar refractivity (Wildman–Crippen MR) is 32.4 cm³/mol. The molecular weight excluding hydrogens is 106 g/mol. The van der Waals surface area contributed by atoms with E-state index in [1.165, 1.54) is 0 Å². The summed E-state index contributed by atoms with van der Waals surface area (Å²) in [6.07, 6.45) is 0. The van der Waals surface area contributed by atoms with Crippen LogP contribution in [0.15, 0.2) is 0 Å².